The highest BCUT2D eigenvalue weighted by atomic mass is 32.1. The minimum absolute atomic E-state index is 0.0709. The van der Waals surface area contributed by atoms with Crippen molar-refractivity contribution in [1.82, 2.24) is 9.88 Å². The van der Waals surface area contributed by atoms with Crippen LogP contribution in [0.1, 0.15) is 33.7 Å². The fourth-order valence-electron chi connectivity index (χ4n) is 3.24. The van der Waals surface area contributed by atoms with Gasteiger partial charge in [0.25, 0.3) is 11.8 Å². The number of piperidine rings is 1. The van der Waals surface area contributed by atoms with E-state index in [4.69, 9.17) is 9.47 Å². The Bertz CT molecular complexity index is 856. The minimum Gasteiger partial charge on any atom is -0.347 e. The third kappa shape index (κ3) is 3.71. The van der Waals surface area contributed by atoms with Crippen molar-refractivity contribution in [3.05, 3.63) is 46.7 Å². The first kappa shape index (κ1) is 18.0. The van der Waals surface area contributed by atoms with Crippen molar-refractivity contribution in [2.24, 2.45) is 0 Å². The molecule has 0 saturated carbocycles. The van der Waals surface area contributed by atoms with E-state index in [1.54, 1.807) is 16.3 Å². The summed E-state index contributed by atoms with van der Waals surface area (Å²) in [6.45, 7) is 2.22. The van der Waals surface area contributed by atoms with E-state index in [9.17, 15) is 14.0 Å². The molecule has 0 bridgehead atoms. The molecule has 0 aliphatic carbocycles. The van der Waals surface area contributed by atoms with Crippen molar-refractivity contribution in [2.75, 3.05) is 31.6 Å². The maximum Gasteiger partial charge on any atom is 0.273 e. The summed E-state index contributed by atoms with van der Waals surface area (Å²) in [5, 5.41) is 4.38. The van der Waals surface area contributed by atoms with Crippen LogP contribution in [0.3, 0.4) is 0 Å². The Hall–Kier alpha value is -2.36. The van der Waals surface area contributed by atoms with Crippen molar-refractivity contribution in [1.29, 1.82) is 0 Å². The number of amides is 2. The number of halogens is 1. The Kier molecular flexibility index (Phi) is 4.90. The average molecular weight is 391 g/mol. The van der Waals surface area contributed by atoms with E-state index >= 15 is 0 Å². The summed E-state index contributed by atoms with van der Waals surface area (Å²) in [7, 11) is 0. The fourth-order valence-corrected chi connectivity index (χ4v) is 3.92. The molecule has 2 aromatic rings. The topological polar surface area (TPSA) is 80.8 Å². The van der Waals surface area contributed by atoms with Crippen LogP contribution in [0.4, 0.5) is 9.52 Å². The van der Waals surface area contributed by atoms with Crippen molar-refractivity contribution in [3.63, 3.8) is 0 Å². The molecule has 4 rings (SSSR count). The van der Waals surface area contributed by atoms with E-state index in [-0.39, 0.29) is 22.3 Å². The van der Waals surface area contributed by atoms with Crippen LogP contribution in [0.5, 0.6) is 0 Å². The quantitative estimate of drug-likeness (QED) is 0.870. The number of rotatable bonds is 3. The van der Waals surface area contributed by atoms with Crippen LogP contribution in [0.15, 0.2) is 29.6 Å². The summed E-state index contributed by atoms with van der Waals surface area (Å²) in [5.74, 6) is -1.96. The number of likely N-dealkylation sites (tertiary alicyclic amines) is 1. The van der Waals surface area contributed by atoms with Gasteiger partial charge in [0.1, 0.15) is 11.5 Å². The third-order valence-corrected chi connectivity index (χ3v) is 5.45. The van der Waals surface area contributed by atoms with Crippen LogP contribution in [-0.2, 0) is 9.47 Å². The van der Waals surface area contributed by atoms with Crippen molar-refractivity contribution in [2.45, 2.75) is 18.6 Å². The Morgan fingerprint density at radius 3 is 2.59 bits per heavy atom. The second-order valence-electron chi connectivity index (χ2n) is 6.37. The molecule has 0 atom stereocenters. The predicted molar refractivity (Wildman–Crippen MR) is 96.2 cm³/mol. The lowest BCUT2D eigenvalue weighted by atomic mass is 10.0. The van der Waals surface area contributed by atoms with Gasteiger partial charge in [0.05, 0.1) is 18.8 Å². The molecule has 7 nitrogen and oxygen atoms in total. The number of hydrogen-bond acceptors (Lipinski definition) is 6. The molecule has 2 aliphatic rings. The maximum atomic E-state index is 13.7. The van der Waals surface area contributed by atoms with E-state index in [0.717, 1.165) is 11.3 Å². The van der Waals surface area contributed by atoms with E-state index in [1.165, 1.54) is 18.2 Å². The summed E-state index contributed by atoms with van der Waals surface area (Å²) >= 11 is 1.13. The van der Waals surface area contributed by atoms with Gasteiger partial charge in [-0.1, -0.05) is 12.1 Å². The number of nitrogens with zero attached hydrogens (tertiary/aromatic N) is 2. The fraction of sp³-hybridized carbons (Fsp3) is 0.389. The number of carbonyl (C=O) groups excluding carboxylic acids is 2. The largest absolute Gasteiger partial charge is 0.347 e. The van der Waals surface area contributed by atoms with Crippen LogP contribution < -0.4 is 5.32 Å². The normalized spacial score (nSPS) is 18.6. The molecule has 0 radical (unpaired) electrons. The lowest BCUT2D eigenvalue weighted by Gasteiger charge is -2.37. The van der Waals surface area contributed by atoms with E-state index in [2.05, 4.69) is 10.3 Å². The zero-order valence-corrected chi connectivity index (χ0v) is 15.3. The van der Waals surface area contributed by atoms with Crippen LogP contribution >= 0.6 is 11.3 Å². The molecule has 142 valence electrons. The number of benzene rings is 1. The molecule has 1 spiro atoms. The molecule has 9 heteroatoms. The molecular formula is C18H18FN3O4S. The second-order valence-corrected chi connectivity index (χ2v) is 7.23. The third-order valence-electron chi connectivity index (χ3n) is 4.69. The van der Waals surface area contributed by atoms with Gasteiger partial charge in [0.2, 0.25) is 0 Å². The van der Waals surface area contributed by atoms with Crippen LogP contribution in [0.25, 0.3) is 0 Å². The summed E-state index contributed by atoms with van der Waals surface area (Å²) in [4.78, 5) is 30.7. The van der Waals surface area contributed by atoms with Gasteiger partial charge in [0.15, 0.2) is 10.9 Å². The number of anilines is 1. The molecule has 3 heterocycles. The Balaban J connectivity index is 1.38. The van der Waals surface area contributed by atoms with Gasteiger partial charge in [-0.15, -0.1) is 11.3 Å². The van der Waals surface area contributed by atoms with Crippen LogP contribution in [0.2, 0.25) is 0 Å². The molecule has 2 fully saturated rings. The number of hydrogen-bond donors (Lipinski definition) is 1. The number of aromatic nitrogens is 1. The maximum absolute atomic E-state index is 13.7. The molecule has 1 aromatic heterocycles. The molecule has 0 unspecified atom stereocenters. The Morgan fingerprint density at radius 2 is 1.89 bits per heavy atom. The second kappa shape index (κ2) is 7.34. The SMILES string of the molecule is O=C(Nc1nc(C(=O)N2CCC3(CC2)OCCO3)cs1)c1ccccc1F. The number of carbonyl (C=O) groups is 2. The molecule has 2 aliphatic heterocycles. The highest BCUT2D eigenvalue weighted by molar-refractivity contribution is 7.14. The summed E-state index contributed by atoms with van der Waals surface area (Å²) in [6, 6.07) is 5.69. The molecule has 2 saturated heterocycles. The van der Waals surface area contributed by atoms with E-state index in [0.29, 0.717) is 39.1 Å². The van der Waals surface area contributed by atoms with Gasteiger partial charge in [0, 0.05) is 31.3 Å². The molecule has 27 heavy (non-hydrogen) atoms. The summed E-state index contributed by atoms with van der Waals surface area (Å²) < 4.78 is 25.0. The van der Waals surface area contributed by atoms with Gasteiger partial charge >= 0.3 is 0 Å². The summed E-state index contributed by atoms with van der Waals surface area (Å²) in [6.07, 6.45) is 1.25. The molecule has 2 amide bonds. The number of nitrogens with one attached hydrogen (secondary N) is 1. The van der Waals surface area contributed by atoms with Crippen LogP contribution in [-0.4, -0.2) is 53.8 Å². The highest BCUT2D eigenvalue weighted by Gasteiger charge is 2.41. The first-order valence-corrected chi connectivity index (χ1v) is 9.53. The van der Waals surface area contributed by atoms with E-state index < -0.39 is 17.5 Å². The van der Waals surface area contributed by atoms with Crippen molar-refractivity contribution >= 4 is 28.3 Å². The van der Waals surface area contributed by atoms with Crippen LogP contribution in [0, 0.1) is 5.82 Å². The lowest BCUT2D eigenvalue weighted by molar-refractivity contribution is -0.181. The van der Waals surface area contributed by atoms with Crippen molar-refractivity contribution < 1.29 is 23.5 Å². The van der Waals surface area contributed by atoms with Gasteiger partial charge < -0.3 is 14.4 Å². The molecule has 1 N–H and O–H groups in total. The van der Waals surface area contributed by atoms with Gasteiger partial charge in [-0.05, 0) is 12.1 Å². The molecular weight excluding hydrogens is 373 g/mol. The predicted octanol–water partition coefficient (Wildman–Crippen LogP) is 2.51. The van der Waals surface area contributed by atoms with Gasteiger partial charge in [-0.25, -0.2) is 9.37 Å². The summed E-state index contributed by atoms with van der Waals surface area (Å²) in [5.41, 5.74) is 0.187. The van der Waals surface area contributed by atoms with Gasteiger partial charge in [-0.2, -0.15) is 0 Å². The number of thiazole rings is 1. The first-order chi connectivity index (χ1) is 13.1. The zero-order chi connectivity index (χ0) is 18.9. The highest BCUT2D eigenvalue weighted by Crippen LogP contribution is 2.32. The van der Waals surface area contributed by atoms with E-state index in [1.807, 2.05) is 0 Å². The first-order valence-electron chi connectivity index (χ1n) is 8.65. The standard InChI is InChI=1S/C18H18FN3O4S/c19-13-4-2-1-3-12(13)15(23)21-17-20-14(11-27-17)16(24)22-7-5-18(6-8-22)25-9-10-26-18/h1-4,11H,5-10H2,(H,20,21,23). The smallest absolute Gasteiger partial charge is 0.273 e. The Morgan fingerprint density at radius 1 is 1.19 bits per heavy atom. The zero-order valence-electron chi connectivity index (χ0n) is 14.4. The average Bonchev–Trinajstić information content (AvgIpc) is 3.32. The monoisotopic (exact) mass is 391 g/mol. The lowest BCUT2D eigenvalue weighted by Crippen LogP contribution is -2.47. The molecule has 1 aromatic carbocycles. The Labute approximate surface area is 159 Å². The minimum atomic E-state index is -0.610. The van der Waals surface area contributed by atoms with Crippen molar-refractivity contribution in [3.8, 4) is 0 Å². The van der Waals surface area contributed by atoms with Gasteiger partial charge in [-0.3, -0.25) is 14.9 Å². The number of ether oxygens (including phenoxy) is 2.